The first kappa shape index (κ1) is 23.5. The van der Waals surface area contributed by atoms with Crippen LogP contribution in [0.1, 0.15) is 35.1 Å². The van der Waals surface area contributed by atoms with Gasteiger partial charge in [-0.05, 0) is 56.7 Å². The van der Waals surface area contributed by atoms with Crippen LogP contribution in [0.4, 0.5) is 0 Å². The fraction of sp³-hybridized carbons (Fsp3) is 0.478. The summed E-state index contributed by atoms with van der Waals surface area (Å²) in [7, 11) is -4.09. The summed E-state index contributed by atoms with van der Waals surface area (Å²) in [5.41, 5.74) is 5.26. The molecule has 3 rings (SSSR count). The Morgan fingerprint density at radius 3 is 2.43 bits per heavy atom. The molecule has 0 saturated carbocycles. The Morgan fingerprint density at radius 1 is 1.18 bits per heavy atom. The van der Waals surface area contributed by atoms with Crippen molar-refractivity contribution in [2.24, 2.45) is 4.36 Å². The number of hydrogen-bond acceptors (Lipinski definition) is 2. The van der Waals surface area contributed by atoms with Crippen molar-refractivity contribution in [1.29, 1.82) is 0 Å². The molecule has 2 aromatic carbocycles. The molecule has 28 heavy (non-hydrogen) atoms. The van der Waals surface area contributed by atoms with E-state index in [1.54, 1.807) is 0 Å². The van der Waals surface area contributed by atoms with Gasteiger partial charge in [-0.15, -0.1) is 5.19 Å². The zero-order chi connectivity index (χ0) is 19.8. The number of hydrogen-bond donors (Lipinski definition) is 0. The van der Waals surface area contributed by atoms with Crippen molar-refractivity contribution in [2.45, 2.75) is 69.8 Å². The molecule has 0 aromatic heterocycles. The van der Waals surface area contributed by atoms with Crippen LogP contribution in [0.3, 0.4) is 0 Å². The predicted molar refractivity (Wildman–Crippen MR) is 119 cm³/mol. The molecule has 0 aliphatic carbocycles. The molecule has 5 heteroatoms. The molecule has 0 unspecified atom stereocenters. The molecular formula is C23H32LiNOSSi. The number of aryl methyl sites for hydroxylation is 3. The Balaban J connectivity index is 0.00000280. The molecular weight excluding hydrogens is 373 g/mol. The Morgan fingerprint density at radius 2 is 1.82 bits per heavy atom. The molecule has 0 N–H and O–H groups in total. The summed E-state index contributed by atoms with van der Waals surface area (Å²) >= 11 is 0. The molecule has 0 radical (unpaired) electrons. The fourth-order valence-corrected chi connectivity index (χ4v) is 9.52. The molecule has 0 fully saturated rings. The summed E-state index contributed by atoms with van der Waals surface area (Å²) in [4.78, 5) is 0.899. The molecule has 2 aromatic rings. The number of benzene rings is 2. The molecule has 0 bridgehead atoms. The van der Waals surface area contributed by atoms with Crippen molar-refractivity contribution in [2.75, 3.05) is 6.54 Å². The minimum atomic E-state index is -2.46. The molecule has 2 nitrogen and oxygen atoms in total. The van der Waals surface area contributed by atoms with Crippen LogP contribution in [0.15, 0.2) is 39.6 Å². The molecule has 0 amide bonds. The minimum absolute atomic E-state index is 0. The van der Waals surface area contributed by atoms with Gasteiger partial charge in [0.25, 0.3) is 0 Å². The maximum atomic E-state index is 14.3. The topological polar surface area (TPSA) is 29.4 Å². The molecule has 1 aliphatic rings. The van der Waals surface area contributed by atoms with E-state index in [0.29, 0.717) is 6.54 Å². The third-order valence-electron chi connectivity index (χ3n) is 5.61. The first-order valence-electron chi connectivity index (χ1n) is 9.92. The van der Waals surface area contributed by atoms with E-state index < -0.39 is 17.8 Å². The maximum Gasteiger partial charge on any atom is 1.00 e. The second-order valence-corrected chi connectivity index (χ2v) is 16.4. The quantitative estimate of drug-likeness (QED) is 0.566. The van der Waals surface area contributed by atoms with E-state index in [9.17, 15) is 4.21 Å². The first-order chi connectivity index (χ1) is 12.6. The summed E-state index contributed by atoms with van der Waals surface area (Å²) in [6.07, 6.45) is 2.85. The zero-order valence-electron chi connectivity index (χ0n) is 18.6. The van der Waals surface area contributed by atoms with Crippen LogP contribution in [-0.2, 0) is 16.1 Å². The van der Waals surface area contributed by atoms with Crippen LogP contribution < -0.4 is 24.0 Å². The van der Waals surface area contributed by atoms with Gasteiger partial charge in [-0.25, -0.2) is 8.57 Å². The van der Waals surface area contributed by atoms with Crippen LogP contribution in [0, 0.1) is 26.8 Å². The SMILES string of the molecule is Cc1cc(C)c(C[C@@H]2CCCN=[S@@]2(=O)c2[c-]cccc2[Si](C)(C)C)c(C)c1.[Li+]. The third kappa shape index (κ3) is 4.67. The normalized spacial score (nSPS) is 22.3. The van der Waals surface area contributed by atoms with Crippen LogP contribution >= 0.6 is 0 Å². The molecule has 0 spiro atoms. The summed E-state index contributed by atoms with van der Waals surface area (Å²) in [5.74, 6) is 0. The average molecular weight is 406 g/mol. The van der Waals surface area contributed by atoms with Crippen molar-refractivity contribution in [3.8, 4) is 0 Å². The molecule has 0 saturated heterocycles. The summed E-state index contributed by atoms with van der Waals surface area (Å²) in [6.45, 7) is 14.1. The average Bonchev–Trinajstić information content (AvgIpc) is 2.59. The summed E-state index contributed by atoms with van der Waals surface area (Å²) in [5, 5.41) is 1.32. The van der Waals surface area contributed by atoms with Crippen molar-refractivity contribution in [3.05, 3.63) is 58.7 Å². The van der Waals surface area contributed by atoms with Gasteiger partial charge in [-0.1, -0.05) is 42.2 Å². The summed E-state index contributed by atoms with van der Waals surface area (Å²) < 4.78 is 19.1. The van der Waals surface area contributed by atoms with E-state index in [0.717, 1.165) is 24.2 Å². The molecule has 146 valence electrons. The van der Waals surface area contributed by atoms with Gasteiger partial charge in [0.1, 0.15) is 0 Å². The van der Waals surface area contributed by atoms with Gasteiger partial charge in [0.15, 0.2) is 0 Å². The van der Waals surface area contributed by atoms with Crippen LogP contribution in [0.2, 0.25) is 19.6 Å². The number of nitrogens with zero attached hydrogens (tertiary/aromatic N) is 1. The van der Waals surface area contributed by atoms with Crippen molar-refractivity contribution >= 4 is 23.0 Å². The van der Waals surface area contributed by atoms with Gasteiger partial charge in [0, 0.05) is 19.9 Å². The van der Waals surface area contributed by atoms with Crippen LogP contribution in [0.25, 0.3) is 0 Å². The zero-order valence-corrected chi connectivity index (χ0v) is 20.4. The van der Waals surface area contributed by atoms with Crippen molar-refractivity contribution in [1.82, 2.24) is 0 Å². The monoisotopic (exact) mass is 405 g/mol. The van der Waals surface area contributed by atoms with Gasteiger partial charge >= 0.3 is 18.9 Å². The molecule has 2 atom stereocenters. The first-order valence-corrected chi connectivity index (χ1v) is 15.0. The van der Waals surface area contributed by atoms with E-state index in [1.165, 1.54) is 27.4 Å². The standard InChI is InChI=1S/C23H32NOSSi.Li/c1-17-14-18(2)21(19(3)15-17)16-20-10-9-13-24-26(20,25)22-11-7-8-12-23(22)27(4,5)6;/h7-8,12,14-15,20H,9-10,13,16H2,1-6H3;/q-1;+1/t20-,26-;/m0./s1. The maximum absolute atomic E-state index is 14.3. The Labute approximate surface area is 184 Å². The third-order valence-corrected chi connectivity index (χ3v) is 10.6. The van der Waals surface area contributed by atoms with Crippen LogP contribution in [-0.4, -0.2) is 24.1 Å². The largest absolute Gasteiger partial charge is 1.00 e. The fourth-order valence-electron chi connectivity index (χ4n) is 4.24. The Hall–Kier alpha value is -0.796. The van der Waals surface area contributed by atoms with Gasteiger partial charge in [-0.3, -0.25) is 0 Å². The molecule has 1 aliphatic heterocycles. The minimum Gasteiger partial charge on any atom is -0.247 e. The smallest absolute Gasteiger partial charge is 0.247 e. The van der Waals surface area contributed by atoms with Crippen molar-refractivity contribution < 1.29 is 23.1 Å². The Kier molecular flexibility index (Phi) is 7.48. The van der Waals surface area contributed by atoms with Gasteiger partial charge < -0.3 is 0 Å². The van der Waals surface area contributed by atoms with E-state index in [-0.39, 0.29) is 24.1 Å². The number of rotatable bonds is 4. The van der Waals surface area contributed by atoms with Gasteiger partial charge in [-0.2, -0.15) is 24.3 Å². The van der Waals surface area contributed by atoms with Crippen molar-refractivity contribution in [3.63, 3.8) is 0 Å². The molecule has 1 heterocycles. The Bertz CT molecular complexity index is 948. The van der Waals surface area contributed by atoms with Gasteiger partial charge in [0.05, 0.1) is 9.73 Å². The summed E-state index contributed by atoms with van der Waals surface area (Å²) in [6, 6.07) is 14.0. The van der Waals surface area contributed by atoms with E-state index >= 15 is 0 Å². The second-order valence-electron chi connectivity index (χ2n) is 8.93. The van der Waals surface area contributed by atoms with E-state index in [4.69, 9.17) is 4.36 Å². The van der Waals surface area contributed by atoms with Gasteiger partial charge in [0.2, 0.25) is 0 Å². The van der Waals surface area contributed by atoms with E-state index in [1.807, 2.05) is 12.1 Å². The van der Waals surface area contributed by atoms with Crippen LogP contribution in [0.5, 0.6) is 0 Å². The van der Waals surface area contributed by atoms with E-state index in [2.05, 4.69) is 64.7 Å². The second kappa shape index (κ2) is 8.92. The predicted octanol–water partition coefficient (Wildman–Crippen LogP) is 2.19.